The van der Waals surface area contributed by atoms with Gasteiger partial charge in [-0.2, -0.15) is 0 Å². The molecule has 0 aliphatic rings. The maximum absolute atomic E-state index is 9.58. The number of anilines is 1. The van der Waals surface area contributed by atoms with Gasteiger partial charge < -0.3 is 10.4 Å². The van der Waals surface area contributed by atoms with Crippen molar-refractivity contribution in [3.05, 3.63) is 22.8 Å². The molecule has 0 unspecified atom stereocenters. The number of hydrogen-bond donors (Lipinski definition) is 2. The Morgan fingerprint density at radius 1 is 1.17 bits per heavy atom. The molecule has 0 heterocycles. The van der Waals surface area contributed by atoms with Gasteiger partial charge in [0.25, 0.3) is 0 Å². The molecule has 0 atom stereocenters. The Morgan fingerprint density at radius 3 is 2.25 bits per heavy atom. The van der Waals surface area contributed by atoms with Crippen LogP contribution in [0, 0.1) is 20.8 Å². The van der Waals surface area contributed by atoms with E-state index in [-0.39, 0.29) is 0 Å². The lowest BCUT2D eigenvalue weighted by Crippen LogP contribution is -1.95. The Labute approximate surface area is 73.2 Å². The molecule has 0 bridgehead atoms. The monoisotopic (exact) mass is 165 g/mol. The molecule has 2 nitrogen and oxygen atoms in total. The molecule has 1 aromatic carbocycles. The number of nitrogens with one attached hydrogen (secondary N) is 1. The van der Waals surface area contributed by atoms with Crippen molar-refractivity contribution < 1.29 is 5.11 Å². The molecule has 66 valence electrons. The summed E-state index contributed by atoms with van der Waals surface area (Å²) in [6.07, 6.45) is 0. The minimum atomic E-state index is 0.409. The standard InChI is InChI=1S/C10H15NO/c1-6-5-9(11-4)7(2)8(3)10(6)12/h5,11-12H,1-4H3. The maximum atomic E-state index is 9.58. The number of phenols is 1. The number of phenolic OH excluding ortho intramolecular Hbond substituents is 1. The van der Waals surface area contributed by atoms with E-state index in [2.05, 4.69) is 5.32 Å². The van der Waals surface area contributed by atoms with Crippen molar-refractivity contribution in [2.45, 2.75) is 20.8 Å². The van der Waals surface area contributed by atoms with E-state index in [4.69, 9.17) is 0 Å². The lowest BCUT2D eigenvalue weighted by Gasteiger charge is -2.11. The van der Waals surface area contributed by atoms with Crippen LogP contribution in [-0.2, 0) is 0 Å². The summed E-state index contributed by atoms with van der Waals surface area (Å²) in [5.41, 5.74) is 4.07. The molecule has 2 heteroatoms. The minimum Gasteiger partial charge on any atom is -0.507 e. The van der Waals surface area contributed by atoms with E-state index in [9.17, 15) is 5.11 Å². The fourth-order valence-corrected chi connectivity index (χ4v) is 1.33. The third-order valence-corrected chi connectivity index (χ3v) is 2.33. The van der Waals surface area contributed by atoms with Crippen molar-refractivity contribution >= 4 is 5.69 Å². The third-order valence-electron chi connectivity index (χ3n) is 2.33. The van der Waals surface area contributed by atoms with Gasteiger partial charge in [-0.25, -0.2) is 0 Å². The van der Waals surface area contributed by atoms with Gasteiger partial charge in [-0.3, -0.25) is 0 Å². The maximum Gasteiger partial charge on any atom is 0.121 e. The summed E-state index contributed by atoms with van der Waals surface area (Å²) in [7, 11) is 1.89. The summed E-state index contributed by atoms with van der Waals surface area (Å²) in [6, 6.07) is 1.96. The van der Waals surface area contributed by atoms with E-state index in [1.54, 1.807) is 0 Å². The quantitative estimate of drug-likeness (QED) is 0.626. The van der Waals surface area contributed by atoms with E-state index in [0.717, 1.165) is 22.4 Å². The van der Waals surface area contributed by atoms with Gasteiger partial charge in [0, 0.05) is 12.7 Å². The first-order valence-electron chi connectivity index (χ1n) is 4.05. The minimum absolute atomic E-state index is 0.409. The van der Waals surface area contributed by atoms with Crippen LogP contribution in [-0.4, -0.2) is 12.2 Å². The molecule has 1 rings (SSSR count). The third kappa shape index (κ3) is 1.24. The average molecular weight is 165 g/mol. The number of hydrogen-bond acceptors (Lipinski definition) is 2. The Kier molecular flexibility index (Phi) is 2.27. The van der Waals surface area contributed by atoms with Crippen LogP contribution in [0.5, 0.6) is 5.75 Å². The zero-order valence-corrected chi connectivity index (χ0v) is 8.02. The molecule has 1 aromatic rings. The summed E-state index contributed by atoms with van der Waals surface area (Å²) in [4.78, 5) is 0. The molecule has 0 amide bonds. The largest absolute Gasteiger partial charge is 0.507 e. The predicted octanol–water partition coefficient (Wildman–Crippen LogP) is 2.36. The highest BCUT2D eigenvalue weighted by Gasteiger charge is 2.06. The first-order chi connectivity index (χ1) is 5.57. The summed E-state index contributed by atoms with van der Waals surface area (Å²) in [5.74, 6) is 0.409. The second kappa shape index (κ2) is 3.05. The SMILES string of the molecule is CNc1cc(C)c(O)c(C)c1C. The van der Waals surface area contributed by atoms with Crippen LogP contribution >= 0.6 is 0 Å². The Morgan fingerprint density at radius 2 is 1.75 bits per heavy atom. The van der Waals surface area contributed by atoms with Crippen LogP contribution in [0.4, 0.5) is 5.69 Å². The molecule has 0 fully saturated rings. The van der Waals surface area contributed by atoms with E-state index >= 15 is 0 Å². The summed E-state index contributed by atoms with van der Waals surface area (Å²) in [5, 5.41) is 12.7. The van der Waals surface area contributed by atoms with Crippen molar-refractivity contribution in [3.8, 4) is 5.75 Å². The molecule has 0 radical (unpaired) electrons. The molecule has 0 aromatic heterocycles. The second-order valence-corrected chi connectivity index (χ2v) is 3.09. The topological polar surface area (TPSA) is 32.3 Å². The number of rotatable bonds is 1. The van der Waals surface area contributed by atoms with Crippen molar-refractivity contribution in [2.75, 3.05) is 12.4 Å². The molecule has 0 spiro atoms. The molecular formula is C10H15NO. The molecule has 0 aliphatic heterocycles. The van der Waals surface area contributed by atoms with Gasteiger partial charge in [-0.15, -0.1) is 0 Å². The number of benzene rings is 1. The van der Waals surface area contributed by atoms with Crippen LogP contribution in [0.15, 0.2) is 6.07 Å². The molecular weight excluding hydrogens is 150 g/mol. The molecule has 0 saturated carbocycles. The van der Waals surface area contributed by atoms with E-state index < -0.39 is 0 Å². The first kappa shape index (κ1) is 8.91. The van der Waals surface area contributed by atoms with Crippen molar-refractivity contribution in [1.82, 2.24) is 0 Å². The van der Waals surface area contributed by atoms with Crippen LogP contribution in [0.25, 0.3) is 0 Å². The zero-order chi connectivity index (χ0) is 9.30. The van der Waals surface area contributed by atoms with E-state index in [1.807, 2.05) is 33.9 Å². The van der Waals surface area contributed by atoms with Crippen LogP contribution in [0.3, 0.4) is 0 Å². The second-order valence-electron chi connectivity index (χ2n) is 3.09. The van der Waals surface area contributed by atoms with Crippen LogP contribution in [0.1, 0.15) is 16.7 Å². The fraction of sp³-hybridized carbons (Fsp3) is 0.400. The molecule has 12 heavy (non-hydrogen) atoms. The van der Waals surface area contributed by atoms with Gasteiger partial charge in [-0.1, -0.05) is 0 Å². The summed E-state index contributed by atoms with van der Waals surface area (Å²) >= 11 is 0. The highest BCUT2D eigenvalue weighted by molar-refractivity contribution is 5.60. The summed E-state index contributed by atoms with van der Waals surface area (Å²) < 4.78 is 0. The average Bonchev–Trinajstić information content (AvgIpc) is 2.08. The first-order valence-corrected chi connectivity index (χ1v) is 4.05. The van der Waals surface area contributed by atoms with Gasteiger partial charge in [0.2, 0.25) is 0 Å². The smallest absolute Gasteiger partial charge is 0.121 e. The van der Waals surface area contributed by atoms with Crippen molar-refractivity contribution in [1.29, 1.82) is 0 Å². The van der Waals surface area contributed by atoms with Crippen LogP contribution < -0.4 is 5.32 Å². The highest BCUT2D eigenvalue weighted by Crippen LogP contribution is 2.29. The number of aromatic hydroxyl groups is 1. The van der Waals surface area contributed by atoms with Gasteiger partial charge >= 0.3 is 0 Å². The van der Waals surface area contributed by atoms with Crippen molar-refractivity contribution in [2.24, 2.45) is 0 Å². The Hall–Kier alpha value is -1.18. The van der Waals surface area contributed by atoms with Crippen molar-refractivity contribution in [3.63, 3.8) is 0 Å². The van der Waals surface area contributed by atoms with Gasteiger partial charge in [0.05, 0.1) is 0 Å². The van der Waals surface area contributed by atoms with Crippen LogP contribution in [0.2, 0.25) is 0 Å². The van der Waals surface area contributed by atoms with Gasteiger partial charge in [0.1, 0.15) is 5.75 Å². The number of aryl methyl sites for hydroxylation is 1. The fourth-order valence-electron chi connectivity index (χ4n) is 1.33. The lowest BCUT2D eigenvalue weighted by atomic mass is 10.0. The van der Waals surface area contributed by atoms with Gasteiger partial charge in [0.15, 0.2) is 0 Å². The predicted molar refractivity (Wildman–Crippen MR) is 51.9 cm³/mol. The van der Waals surface area contributed by atoms with E-state index in [1.165, 1.54) is 0 Å². The molecule has 2 N–H and O–H groups in total. The lowest BCUT2D eigenvalue weighted by molar-refractivity contribution is 0.466. The Balaban J connectivity index is 3.39. The summed E-state index contributed by atoms with van der Waals surface area (Å²) in [6.45, 7) is 5.83. The molecule has 0 aliphatic carbocycles. The highest BCUT2D eigenvalue weighted by atomic mass is 16.3. The zero-order valence-electron chi connectivity index (χ0n) is 8.02. The Bertz CT molecular complexity index is 305. The normalized spacial score (nSPS) is 10.0. The van der Waals surface area contributed by atoms with Gasteiger partial charge in [-0.05, 0) is 43.5 Å². The van der Waals surface area contributed by atoms with E-state index in [0.29, 0.717) is 5.75 Å². The molecule has 0 saturated heterocycles.